The van der Waals surface area contributed by atoms with Crippen LogP contribution in [0.15, 0.2) is 74.2 Å². The predicted octanol–water partition coefficient (Wildman–Crippen LogP) is 5.38. The smallest absolute Gasteiger partial charge is 0.379 e. The fraction of sp³-hybridized carbons (Fsp3) is 0.227. The van der Waals surface area contributed by atoms with Crippen molar-refractivity contribution >= 4 is 60.8 Å². The number of anilines is 1. The number of nitrogens with zero attached hydrogens (tertiary/aromatic N) is 2. The number of morpholine rings is 1. The lowest BCUT2D eigenvalue weighted by atomic mass is 10.3. The minimum Gasteiger partial charge on any atom is -0.379 e. The maximum Gasteiger partial charge on any atom is 0.434 e. The monoisotopic (exact) mass is 627 g/mol. The lowest BCUT2D eigenvalue weighted by Gasteiger charge is -2.26. The molecule has 0 bridgehead atoms. The van der Waals surface area contributed by atoms with Gasteiger partial charge in [0, 0.05) is 27.9 Å². The number of benzene rings is 2. The summed E-state index contributed by atoms with van der Waals surface area (Å²) in [6.07, 6.45) is -4.92. The molecule has 1 aliphatic rings. The summed E-state index contributed by atoms with van der Waals surface area (Å²) in [7, 11) is -8.13. The van der Waals surface area contributed by atoms with Crippen LogP contribution in [0.2, 0.25) is 10.0 Å². The number of halogens is 5. The third-order valence-electron chi connectivity index (χ3n) is 5.21. The Balaban J connectivity index is 1.58. The van der Waals surface area contributed by atoms with Crippen molar-refractivity contribution in [2.45, 2.75) is 25.8 Å². The molecule has 0 atom stereocenters. The van der Waals surface area contributed by atoms with Crippen LogP contribution in [0.4, 0.5) is 19.0 Å². The molecule has 0 aliphatic carbocycles. The van der Waals surface area contributed by atoms with E-state index >= 15 is 0 Å². The van der Waals surface area contributed by atoms with Gasteiger partial charge in [0.25, 0.3) is 10.0 Å². The molecular weight excluding hydrogens is 610 g/mol. The molecule has 4 rings (SSSR count). The standard InChI is InChI=1S/C22H18Cl2F3N3O5S3/c23-14-1-7-19(17(24)13-14)37(31,32)29-20-8-6-18(21(28-20)22(25,26)27)36-15-2-4-16(5-3-15)38(33,34)30-9-11-35-12-10-30/h1-8,13H,9-12H2,(H,28,29). The van der Waals surface area contributed by atoms with Crippen molar-refractivity contribution in [3.63, 3.8) is 0 Å². The minimum absolute atomic E-state index is 0.00327. The molecule has 0 spiro atoms. The van der Waals surface area contributed by atoms with Crippen molar-refractivity contribution < 1.29 is 34.7 Å². The number of rotatable bonds is 7. The van der Waals surface area contributed by atoms with Crippen LogP contribution >= 0.6 is 35.0 Å². The van der Waals surface area contributed by atoms with Crippen LogP contribution in [0.25, 0.3) is 0 Å². The molecule has 0 radical (unpaired) electrons. The SMILES string of the molecule is O=S(=O)(Nc1ccc(Sc2ccc(S(=O)(=O)N3CCOCC3)cc2)c(C(F)(F)F)n1)c1ccc(Cl)cc1Cl. The van der Waals surface area contributed by atoms with E-state index in [0.29, 0.717) is 16.7 Å². The Kier molecular flexibility index (Phi) is 8.52. The molecule has 0 amide bonds. The first-order valence-corrected chi connectivity index (χ1v) is 15.2. The van der Waals surface area contributed by atoms with Crippen molar-refractivity contribution in [2.75, 3.05) is 31.0 Å². The highest BCUT2D eigenvalue weighted by Gasteiger charge is 2.36. The van der Waals surface area contributed by atoms with Crippen molar-refractivity contribution in [3.8, 4) is 0 Å². The summed E-state index contributed by atoms with van der Waals surface area (Å²) in [5, 5.41) is -0.0353. The van der Waals surface area contributed by atoms with Crippen LogP contribution in [0.1, 0.15) is 5.69 Å². The van der Waals surface area contributed by atoms with Gasteiger partial charge in [-0.2, -0.15) is 17.5 Å². The Morgan fingerprint density at radius 3 is 2.21 bits per heavy atom. The zero-order chi connectivity index (χ0) is 27.7. The van der Waals surface area contributed by atoms with E-state index in [9.17, 15) is 30.0 Å². The van der Waals surface area contributed by atoms with Crippen LogP contribution in [0.3, 0.4) is 0 Å². The molecule has 16 heteroatoms. The second kappa shape index (κ2) is 11.2. The van der Waals surface area contributed by atoms with Crippen LogP contribution in [0, 0.1) is 0 Å². The van der Waals surface area contributed by atoms with Crippen LogP contribution in [-0.2, 0) is 31.0 Å². The fourth-order valence-corrected chi connectivity index (χ4v) is 7.52. The summed E-state index contributed by atoms with van der Waals surface area (Å²) >= 11 is 12.4. The molecular formula is C22H18Cl2F3N3O5S3. The maximum atomic E-state index is 13.8. The maximum absolute atomic E-state index is 13.8. The van der Waals surface area contributed by atoms with Crippen molar-refractivity contribution in [1.82, 2.24) is 9.29 Å². The van der Waals surface area contributed by atoms with Gasteiger partial charge < -0.3 is 4.74 Å². The quantitative estimate of drug-likeness (QED) is 0.375. The van der Waals surface area contributed by atoms with Gasteiger partial charge in [-0.05, 0) is 54.6 Å². The van der Waals surface area contributed by atoms with Gasteiger partial charge >= 0.3 is 6.18 Å². The fourth-order valence-electron chi connectivity index (χ4n) is 3.42. The molecule has 1 aromatic heterocycles. The highest BCUT2D eigenvalue weighted by atomic mass is 35.5. The van der Waals surface area contributed by atoms with Crippen molar-refractivity contribution in [3.05, 3.63) is 70.3 Å². The highest BCUT2D eigenvalue weighted by molar-refractivity contribution is 7.99. The van der Waals surface area contributed by atoms with Gasteiger partial charge in [0.1, 0.15) is 10.7 Å². The third kappa shape index (κ3) is 6.55. The molecule has 1 fully saturated rings. The molecule has 38 heavy (non-hydrogen) atoms. The third-order valence-corrected chi connectivity index (χ3v) is 10.3. The van der Waals surface area contributed by atoms with Crippen molar-refractivity contribution in [2.24, 2.45) is 0 Å². The summed E-state index contributed by atoms with van der Waals surface area (Å²) in [6.45, 7) is 0.970. The van der Waals surface area contributed by atoms with E-state index in [-0.39, 0.29) is 51.0 Å². The summed E-state index contributed by atoms with van der Waals surface area (Å²) in [5.74, 6) is -0.570. The number of nitrogens with one attached hydrogen (secondary N) is 1. The molecule has 2 heterocycles. The van der Waals surface area contributed by atoms with Gasteiger partial charge in [0.15, 0.2) is 5.69 Å². The predicted molar refractivity (Wildman–Crippen MR) is 137 cm³/mol. The van der Waals surface area contributed by atoms with Gasteiger partial charge in [0.05, 0.1) is 23.1 Å². The molecule has 1 saturated heterocycles. The Hall–Kier alpha value is -2.07. The van der Waals surface area contributed by atoms with Gasteiger partial charge in [0.2, 0.25) is 10.0 Å². The number of ether oxygens (including phenoxy) is 1. The zero-order valence-corrected chi connectivity index (χ0v) is 23.0. The Labute approximate surface area is 231 Å². The molecule has 1 aliphatic heterocycles. The molecule has 3 aromatic rings. The summed E-state index contributed by atoms with van der Waals surface area (Å²) < 4.78 is 101. The summed E-state index contributed by atoms with van der Waals surface area (Å²) in [6, 6.07) is 11.1. The van der Waals surface area contributed by atoms with Crippen molar-refractivity contribution in [1.29, 1.82) is 0 Å². The van der Waals surface area contributed by atoms with Gasteiger partial charge in [-0.1, -0.05) is 35.0 Å². The van der Waals surface area contributed by atoms with Gasteiger partial charge in [-0.3, -0.25) is 4.72 Å². The first kappa shape index (κ1) is 28.9. The van der Waals surface area contributed by atoms with E-state index in [4.69, 9.17) is 27.9 Å². The highest BCUT2D eigenvalue weighted by Crippen LogP contribution is 2.40. The average Bonchev–Trinajstić information content (AvgIpc) is 2.85. The van der Waals surface area contributed by atoms with Gasteiger partial charge in [-0.25, -0.2) is 21.8 Å². The number of hydrogen-bond acceptors (Lipinski definition) is 7. The van der Waals surface area contributed by atoms with E-state index in [0.717, 1.165) is 18.2 Å². The van der Waals surface area contributed by atoms with Crippen LogP contribution < -0.4 is 4.72 Å². The lowest BCUT2D eigenvalue weighted by Crippen LogP contribution is -2.40. The normalized spacial score (nSPS) is 15.4. The topological polar surface area (TPSA) is 106 Å². The van der Waals surface area contributed by atoms with E-state index in [1.165, 1.54) is 40.7 Å². The van der Waals surface area contributed by atoms with Crippen LogP contribution in [0.5, 0.6) is 0 Å². The number of sulfonamides is 2. The summed E-state index contributed by atoms with van der Waals surface area (Å²) in [4.78, 5) is 3.12. The molecule has 2 aromatic carbocycles. The minimum atomic E-state index is -4.92. The Morgan fingerprint density at radius 1 is 0.947 bits per heavy atom. The van der Waals surface area contributed by atoms with Crippen LogP contribution in [-0.4, -0.2) is 52.4 Å². The second-order valence-electron chi connectivity index (χ2n) is 7.81. The lowest BCUT2D eigenvalue weighted by molar-refractivity contribution is -0.143. The molecule has 0 saturated carbocycles. The number of hydrogen-bond donors (Lipinski definition) is 1. The van der Waals surface area contributed by atoms with Gasteiger partial charge in [-0.15, -0.1) is 0 Å². The van der Waals surface area contributed by atoms with E-state index in [1.54, 1.807) is 0 Å². The van der Waals surface area contributed by atoms with E-state index in [1.807, 2.05) is 4.72 Å². The Morgan fingerprint density at radius 2 is 1.61 bits per heavy atom. The van der Waals surface area contributed by atoms with E-state index < -0.39 is 37.7 Å². The molecule has 0 unspecified atom stereocenters. The first-order chi connectivity index (χ1) is 17.8. The largest absolute Gasteiger partial charge is 0.434 e. The number of aromatic nitrogens is 1. The molecule has 1 N–H and O–H groups in total. The summed E-state index contributed by atoms with van der Waals surface area (Å²) in [5.41, 5.74) is -1.32. The number of alkyl halides is 3. The first-order valence-electron chi connectivity index (χ1n) is 10.7. The van der Waals surface area contributed by atoms with E-state index in [2.05, 4.69) is 4.98 Å². The average molecular weight is 629 g/mol. The number of pyridine rings is 1. The molecule has 204 valence electrons. The Bertz CT molecular complexity index is 1550. The molecule has 8 nitrogen and oxygen atoms in total. The second-order valence-corrected chi connectivity index (χ2v) is 13.4. The zero-order valence-electron chi connectivity index (χ0n) is 19.1.